The molecule has 2 aliphatic rings. The summed E-state index contributed by atoms with van der Waals surface area (Å²) in [5.74, 6) is 1.02. The maximum absolute atomic E-state index is 12.6. The molecule has 3 unspecified atom stereocenters. The van der Waals surface area contributed by atoms with Gasteiger partial charge in [-0.25, -0.2) is 0 Å². The van der Waals surface area contributed by atoms with Crippen molar-refractivity contribution >= 4 is 41.5 Å². The second kappa shape index (κ2) is 8.61. The highest BCUT2D eigenvalue weighted by atomic mass is 35.5. The second-order valence-electron chi connectivity index (χ2n) is 6.51. The first-order chi connectivity index (χ1) is 11.0. The highest BCUT2D eigenvalue weighted by Crippen LogP contribution is 2.30. The Labute approximate surface area is 159 Å². The van der Waals surface area contributed by atoms with Crippen LogP contribution in [0, 0.1) is 5.92 Å². The summed E-state index contributed by atoms with van der Waals surface area (Å²) in [5, 5.41) is 0.991. The quantitative estimate of drug-likeness (QED) is 0.847. The molecule has 0 spiro atoms. The molecule has 2 fully saturated rings. The van der Waals surface area contributed by atoms with Crippen LogP contribution < -0.4 is 10.5 Å². The van der Waals surface area contributed by atoms with Crippen LogP contribution in [0.4, 0.5) is 0 Å². The first-order valence-corrected chi connectivity index (χ1v) is 8.94. The standard InChI is InChI=1S/C17H22Cl2N2O2.ClH/c18-15-6-5-13(9-16(15)19)23-14-2-1-7-21(10-14)17(22)11-3-4-12(20)8-11;/h5-6,9,11-12,14H,1-4,7-8,10,20H2;1H. The van der Waals surface area contributed by atoms with Crippen LogP contribution in [0.15, 0.2) is 18.2 Å². The smallest absolute Gasteiger partial charge is 0.225 e. The van der Waals surface area contributed by atoms with Crippen LogP contribution in [0.5, 0.6) is 5.75 Å². The van der Waals surface area contributed by atoms with Gasteiger partial charge < -0.3 is 15.4 Å². The van der Waals surface area contributed by atoms with E-state index in [0.29, 0.717) is 22.3 Å². The van der Waals surface area contributed by atoms with Gasteiger partial charge in [-0.05, 0) is 44.2 Å². The van der Waals surface area contributed by atoms with Crippen LogP contribution in [0.25, 0.3) is 0 Å². The van der Waals surface area contributed by atoms with Crippen molar-refractivity contribution in [1.29, 1.82) is 0 Å². The van der Waals surface area contributed by atoms with Crippen molar-refractivity contribution in [3.05, 3.63) is 28.2 Å². The minimum Gasteiger partial charge on any atom is -0.489 e. The molecule has 134 valence electrons. The molecule has 3 rings (SSSR count). The van der Waals surface area contributed by atoms with Crippen molar-refractivity contribution in [2.45, 2.75) is 44.2 Å². The van der Waals surface area contributed by atoms with E-state index in [0.717, 1.165) is 38.6 Å². The Hall–Kier alpha value is -0.680. The number of ether oxygens (including phenoxy) is 1. The van der Waals surface area contributed by atoms with Crippen molar-refractivity contribution in [3.8, 4) is 5.75 Å². The molecule has 1 amide bonds. The van der Waals surface area contributed by atoms with Gasteiger partial charge in [0.15, 0.2) is 0 Å². The van der Waals surface area contributed by atoms with Gasteiger partial charge in [0.25, 0.3) is 0 Å². The number of carbonyl (C=O) groups is 1. The van der Waals surface area contributed by atoms with Gasteiger partial charge in [-0.2, -0.15) is 0 Å². The molecule has 1 aliphatic carbocycles. The van der Waals surface area contributed by atoms with Gasteiger partial charge in [-0.15, -0.1) is 12.4 Å². The number of benzene rings is 1. The maximum Gasteiger partial charge on any atom is 0.225 e. The predicted octanol–water partition coefficient (Wildman–Crippen LogP) is 3.91. The average molecular weight is 394 g/mol. The third-order valence-corrected chi connectivity index (χ3v) is 5.45. The minimum atomic E-state index is 0. The first kappa shape index (κ1) is 19.6. The molecule has 4 nitrogen and oxygen atoms in total. The van der Waals surface area contributed by atoms with E-state index in [9.17, 15) is 4.79 Å². The Bertz CT molecular complexity index is 585. The number of nitrogens with two attached hydrogens (primary N) is 1. The Morgan fingerprint density at radius 2 is 2.00 bits per heavy atom. The van der Waals surface area contributed by atoms with E-state index in [1.807, 2.05) is 11.0 Å². The minimum absolute atomic E-state index is 0. The molecule has 24 heavy (non-hydrogen) atoms. The van der Waals surface area contributed by atoms with Crippen LogP contribution in [0.3, 0.4) is 0 Å². The Morgan fingerprint density at radius 3 is 2.67 bits per heavy atom. The number of likely N-dealkylation sites (tertiary alicyclic amines) is 1. The zero-order valence-corrected chi connectivity index (χ0v) is 15.7. The van der Waals surface area contributed by atoms with Gasteiger partial charge in [0.1, 0.15) is 11.9 Å². The summed E-state index contributed by atoms with van der Waals surface area (Å²) >= 11 is 11.9. The molecular weight excluding hydrogens is 371 g/mol. The second-order valence-corrected chi connectivity index (χ2v) is 7.33. The summed E-state index contributed by atoms with van der Waals surface area (Å²) in [4.78, 5) is 14.6. The number of hydrogen-bond donors (Lipinski definition) is 1. The lowest BCUT2D eigenvalue weighted by molar-refractivity contribution is -0.138. The maximum atomic E-state index is 12.6. The number of nitrogens with zero attached hydrogens (tertiary/aromatic N) is 1. The first-order valence-electron chi connectivity index (χ1n) is 8.19. The van der Waals surface area contributed by atoms with E-state index in [-0.39, 0.29) is 36.4 Å². The third-order valence-electron chi connectivity index (χ3n) is 4.71. The zero-order chi connectivity index (χ0) is 16.4. The molecule has 1 saturated carbocycles. The van der Waals surface area contributed by atoms with Crippen molar-refractivity contribution in [2.75, 3.05) is 13.1 Å². The number of amides is 1. The summed E-state index contributed by atoms with van der Waals surface area (Å²) in [7, 11) is 0. The molecule has 2 N–H and O–H groups in total. The van der Waals surface area contributed by atoms with Crippen LogP contribution in [-0.4, -0.2) is 36.0 Å². The molecule has 7 heteroatoms. The predicted molar refractivity (Wildman–Crippen MR) is 99.3 cm³/mol. The summed E-state index contributed by atoms with van der Waals surface area (Å²) in [6.07, 6.45) is 4.57. The lowest BCUT2D eigenvalue weighted by atomic mass is 10.0. The number of carbonyl (C=O) groups excluding carboxylic acids is 1. The lowest BCUT2D eigenvalue weighted by Gasteiger charge is -2.34. The van der Waals surface area contributed by atoms with Crippen molar-refractivity contribution in [3.63, 3.8) is 0 Å². The molecule has 0 radical (unpaired) electrons. The van der Waals surface area contributed by atoms with E-state index >= 15 is 0 Å². The third kappa shape index (κ3) is 4.69. The van der Waals surface area contributed by atoms with Gasteiger partial charge in [-0.3, -0.25) is 4.79 Å². The van der Waals surface area contributed by atoms with Crippen molar-refractivity contribution < 1.29 is 9.53 Å². The molecule has 0 bridgehead atoms. The molecule has 1 saturated heterocycles. The summed E-state index contributed by atoms with van der Waals surface area (Å²) in [6.45, 7) is 1.44. The average Bonchev–Trinajstić information content (AvgIpc) is 2.97. The van der Waals surface area contributed by atoms with Gasteiger partial charge >= 0.3 is 0 Å². The molecule has 1 heterocycles. The summed E-state index contributed by atoms with van der Waals surface area (Å²) in [5.41, 5.74) is 5.93. The summed E-state index contributed by atoms with van der Waals surface area (Å²) in [6, 6.07) is 5.44. The number of piperidine rings is 1. The molecule has 1 aromatic rings. The van der Waals surface area contributed by atoms with Crippen molar-refractivity contribution in [2.24, 2.45) is 11.7 Å². The van der Waals surface area contributed by atoms with Gasteiger partial charge in [-0.1, -0.05) is 23.2 Å². The van der Waals surface area contributed by atoms with Gasteiger partial charge in [0.2, 0.25) is 5.91 Å². The molecular formula is C17H23Cl3N2O2. The molecule has 3 atom stereocenters. The van der Waals surface area contributed by atoms with Crippen LogP contribution in [0.1, 0.15) is 32.1 Å². The topological polar surface area (TPSA) is 55.6 Å². The van der Waals surface area contributed by atoms with Crippen LogP contribution in [0.2, 0.25) is 10.0 Å². The summed E-state index contributed by atoms with van der Waals surface area (Å²) < 4.78 is 5.99. The lowest BCUT2D eigenvalue weighted by Crippen LogP contribution is -2.46. The Kier molecular flexibility index (Phi) is 7.05. The normalized spacial score (nSPS) is 26.8. The van der Waals surface area contributed by atoms with Gasteiger partial charge in [0, 0.05) is 24.6 Å². The van der Waals surface area contributed by atoms with E-state index in [1.165, 1.54) is 0 Å². The fourth-order valence-corrected chi connectivity index (χ4v) is 3.76. The number of halogens is 3. The monoisotopic (exact) mass is 392 g/mol. The molecule has 1 aromatic carbocycles. The fourth-order valence-electron chi connectivity index (χ4n) is 3.48. The SMILES string of the molecule is Cl.NC1CCC(C(=O)N2CCCC(Oc3ccc(Cl)c(Cl)c3)C2)C1. The number of hydrogen-bond acceptors (Lipinski definition) is 3. The number of rotatable bonds is 3. The van der Waals surface area contributed by atoms with Crippen molar-refractivity contribution in [1.82, 2.24) is 4.90 Å². The highest BCUT2D eigenvalue weighted by Gasteiger charge is 2.33. The molecule has 1 aliphatic heterocycles. The largest absolute Gasteiger partial charge is 0.489 e. The van der Waals surface area contributed by atoms with E-state index < -0.39 is 0 Å². The van der Waals surface area contributed by atoms with Crippen LogP contribution >= 0.6 is 35.6 Å². The zero-order valence-electron chi connectivity index (χ0n) is 13.4. The van der Waals surface area contributed by atoms with Gasteiger partial charge in [0.05, 0.1) is 16.6 Å². The fraction of sp³-hybridized carbons (Fsp3) is 0.588. The Balaban J connectivity index is 0.00000208. The van der Waals surface area contributed by atoms with E-state index in [1.54, 1.807) is 12.1 Å². The molecule has 0 aromatic heterocycles. The van der Waals surface area contributed by atoms with E-state index in [2.05, 4.69) is 0 Å². The van der Waals surface area contributed by atoms with Crippen LogP contribution in [-0.2, 0) is 4.79 Å². The highest BCUT2D eigenvalue weighted by molar-refractivity contribution is 6.42. The van der Waals surface area contributed by atoms with E-state index in [4.69, 9.17) is 33.7 Å². The Morgan fingerprint density at radius 1 is 1.21 bits per heavy atom.